The number of hydrogen-bond donors (Lipinski definition) is 3. The Hall–Kier alpha value is -3.54. The summed E-state index contributed by atoms with van der Waals surface area (Å²) in [6, 6.07) is 15.9. The standard InChI is InChI=1S/C32H40N4O2/c1-3-4-5-10-23(2)34-30(37)29(21-25-22-33-28-14-9-7-12-26(25)28)35-31(38)36-19-17-32(18-20-36)16-15-24-11-6-8-13-27(24)32/h6-9,11-16,22-23,29,33H,3-5,10,17-21H2,1-2H3,(H,34,37)(H,35,38)/t23-,29-/m1/s1. The van der Waals surface area contributed by atoms with E-state index in [9.17, 15) is 9.59 Å². The van der Waals surface area contributed by atoms with Crippen LogP contribution in [-0.2, 0) is 16.6 Å². The van der Waals surface area contributed by atoms with Gasteiger partial charge in [-0.05, 0) is 48.9 Å². The molecule has 6 nitrogen and oxygen atoms in total. The van der Waals surface area contributed by atoms with Gasteiger partial charge in [-0.25, -0.2) is 4.79 Å². The Kier molecular flexibility index (Phi) is 7.87. The number of hydrogen-bond acceptors (Lipinski definition) is 2. The van der Waals surface area contributed by atoms with E-state index in [4.69, 9.17) is 0 Å². The lowest BCUT2D eigenvalue weighted by molar-refractivity contribution is -0.123. The maximum atomic E-state index is 13.5. The highest BCUT2D eigenvalue weighted by Crippen LogP contribution is 2.43. The van der Waals surface area contributed by atoms with Crippen LogP contribution in [0.1, 0.15) is 69.1 Å². The molecule has 2 atom stereocenters. The number of para-hydroxylation sites is 1. The van der Waals surface area contributed by atoms with Crippen LogP contribution in [0.3, 0.4) is 0 Å². The number of amides is 3. The number of piperidine rings is 1. The molecule has 0 radical (unpaired) electrons. The maximum absolute atomic E-state index is 13.5. The van der Waals surface area contributed by atoms with Crippen molar-refractivity contribution in [2.45, 2.75) is 76.3 Å². The van der Waals surface area contributed by atoms with Gasteiger partial charge in [-0.15, -0.1) is 0 Å². The average Bonchev–Trinajstić information content (AvgIpc) is 3.50. The lowest BCUT2D eigenvalue weighted by Gasteiger charge is -2.39. The van der Waals surface area contributed by atoms with Gasteiger partial charge in [-0.1, -0.05) is 80.8 Å². The molecule has 2 aromatic carbocycles. The summed E-state index contributed by atoms with van der Waals surface area (Å²) in [5.74, 6) is -0.117. The number of urea groups is 1. The number of aromatic nitrogens is 1. The molecule has 1 aliphatic carbocycles. The SMILES string of the molecule is CCCCC[C@@H](C)NC(=O)[C@@H](Cc1c[nH]c2ccccc12)NC(=O)N1CCC2(C=Cc3ccccc32)CC1. The fourth-order valence-electron chi connectivity index (χ4n) is 6.07. The van der Waals surface area contributed by atoms with Gasteiger partial charge >= 0.3 is 6.03 Å². The van der Waals surface area contributed by atoms with E-state index in [1.54, 1.807) is 0 Å². The molecule has 1 spiro atoms. The highest BCUT2D eigenvalue weighted by molar-refractivity contribution is 5.89. The largest absolute Gasteiger partial charge is 0.361 e. The summed E-state index contributed by atoms with van der Waals surface area (Å²) in [5.41, 5.74) is 4.74. The Balaban J connectivity index is 1.26. The minimum Gasteiger partial charge on any atom is -0.361 e. The summed E-state index contributed by atoms with van der Waals surface area (Å²) >= 11 is 0. The Bertz CT molecular complexity index is 1300. The predicted molar refractivity (Wildman–Crippen MR) is 154 cm³/mol. The average molecular weight is 513 g/mol. The predicted octanol–water partition coefficient (Wildman–Crippen LogP) is 5.93. The third-order valence-corrected chi connectivity index (χ3v) is 8.36. The lowest BCUT2D eigenvalue weighted by atomic mass is 9.74. The molecule has 1 saturated heterocycles. The zero-order valence-corrected chi connectivity index (χ0v) is 22.6. The van der Waals surface area contributed by atoms with E-state index in [1.165, 1.54) is 11.1 Å². The van der Waals surface area contributed by atoms with E-state index < -0.39 is 6.04 Å². The topological polar surface area (TPSA) is 77.2 Å². The van der Waals surface area contributed by atoms with E-state index >= 15 is 0 Å². The van der Waals surface area contributed by atoms with Crippen LogP contribution >= 0.6 is 0 Å². The molecule has 1 aliphatic heterocycles. The van der Waals surface area contributed by atoms with Gasteiger partial charge < -0.3 is 20.5 Å². The quantitative estimate of drug-likeness (QED) is 0.311. The van der Waals surface area contributed by atoms with Gasteiger partial charge in [0.05, 0.1) is 0 Å². The van der Waals surface area contributed by atoms with Crippen molar-refractivity contribution in [1.82, 2.24) is 20.5 Å². The third-order valence-electron chi connectivity index (χ3n) is 8.36. The highest BCUT2D eigenvalue weighted by Gasteiger charge is 2.39. The Labute approximate surface area is 225 Å². The van der Waals surface area contributed by atoms with Crippen LogP contribution in [0.2, 0.25) is 0 Å². The van der Waals surface area contributed by atoms with Gasteiger partial charge in [0.15, 0.2) is 0 Å². The summed E-state index contributed by atoms with van der Waals surface area (Å²) in [4.78, 5) is 32.1. The van der Waals surface area contributed by atoms with Gasteiger partial charge in [-0.3, -0.25) is 4.79 Å². The number of likely N-dealkylation sites (tertiary alicyclic amines) is 1. The first-order valence-electron chi connectivity index (χ1n) is 14.2. The molecule has 1 aromatic heterocycles. The number of carbonyl (C=O) groups excluding carboxylic acids is 2. The van der Waals surface area contributed by atoms with Gasteiger partial charge in [0.1, 0.15) is 6.04 Å². The van der Waals surface area contributed by atoms with Gasteiger partial charge in [-0.2, -0.15) is 0 Å². The summed E-state index contributed by atoms with van der Waals surface area (Å²) in [7, 11) is 0. The molecule has 3 aromatic rings. The zero-order valence-electron chi connectivity index (χ0n) is 22.6. The summed E-state index contributed by atoms with van der Waals surface area (Å²) in [6.07, 6.45) is 13.1. The molecular weight excluding hydrogens is 472 g/mol. The molecule has 38 heavy (non-hydrogen) atoms. The number of rotatable bonds is 9. The van der Waals surface area contributed by atoms with E-state index in [0.29, 0.717) is 19.5 Å². The van der Waals surface area contributed by atoms with Gasteiger partial charge in [0, 0.05) is 48.1 Å². The van der Waals surface area contributed by atoms with Crippen LogP contribution in [-0.4, -0.2) is 47.0 Å². The number of benzene rings is 2. The molecule has 0 unspecified atom stereocenters. The first-order chi connectivity index (χ1) is 18.5. The lowest BCUT2D eigenvalue weighted by Crippen LogP contribution is -2.55. The van der Waals surface area contributed by atoms with Gasteiger partial charge in [0.25, 0.3) is 0 Å². The monoisotopic (exact) mass is 512 g/mol. The Morgan fingerprint density at radius 1 is 1.03 bits per heavy atom. The van der Waals surface area contributed by atoms with E-state index in [-0.39, 0.29) is 23.4 Å². The number of aromatic amines is 1. The summed E-state index contributed by atoms with van der Waals surface area (Å²) in [5, 5.41) is 7.36. The van der Waals surface area contributed by atoms with Crippen LogP contribution in [0, 0.1) is 0 Å². The summed E-state index contributed by atoms with van der Waals surface area (Å²) < 4.78 is 0. The van der Waals surface area contributed by atoms with Crippen LogP contribution in [0.5, 0.6) is 0 Å². The molecule has 2 heterocycles. The highest BCUT2D eigenvalue weighted by atomic mass is 16.2. The van der Waals surface area contributed by atoms with Crippen molar-refractivity contribution in [1.29, 1.82) is 0 Å². The molecule has 0 saturated carbocycles. The smallest absolute Gasteiger partial charge is 0.318 e. The molecule has 3 amide bonds. The molecule has 1 fully saturated rings. The van der Waals surface area contributed by atoms with Crippen molar-refractivity contribution in [2.24, 2.45) is 0 Å². The number of allylic oxidation sites excluding steroid dienone is 1. The molecule has 200 valence electrons. The molecule has 5 rings (SSSR count). The van der Waals surface area contributed by atoms with Crippen molar-refractivity contribution in [3.63, 3.8) is 0 Å². The van der Waals surface area contributed by atoms with Crippen molar-refractivity contribution in [3.05, 3.63) is 77.5 Å². The number of H-pyrrole nitrogens is 1. The van der Waals surface area contributed by atoms with E-state index in [2.05, 4.69) is 71.9 Å². The van der Waals surface area contributed by atoms with Crippen LogP contribution in [0.25, 0.3) is 17.0 Å². The molecule has 0 bridgehead atoms. The molecular formula is C32H40N4O2. The second kappa shape index (κ2) is 11.5. The summed E-state index contributed by atoms with van der Waals surface area (Å²) in [6.45, 7) is 5.56. The molecule has 3 N–H and O–H groups in total. The fourth-order valence-corrected chi connectivity index (χ4v) is 6.07. The number of fused-ring (bicyclic) bond motifs is 3. The number of nitrogens with one attached hydrogen (secondary N) is 3. The first kappa shape index (κ1) is 26.1. The van der Waals surface area contributed by atoms with Crippen molar-refractivity contribution in [3.8, 4) is 0 Å². The molecule has 2 aliphatic rings. The Morgan fingerprint density at radius 3 is 2.61 bits per heavy atom. The second-order valence-electron chi connectivity index (χ2n) is 11.0. The van der Waals surface area contributed by atoms with E-state index in [1.807, 2.05) is 29.3 Å². The third kappa shape index (κ3) is 5.50. The normalized spacial score (nSPS) is 17.4. The molecule has 6 heteroatoms. The van der Waals surface area contributed by atoms with E-state index in [0.717, 1.165) is 55.0 Å². The van der Waals surface area contributed by atoms with Crippen LogP contribution in [0.4, 0.5) is 4.79 Å². The van der Waals surface area contributed by atoms with Crippen molar-refractivity contribution < 1.29 is 9.59 Å². The zero-order chi connectivity index (χ0) is 26.5. The number of nitrogens with zero attached hydrogens (tertiary/aromatic N) is 1. The second-order valence-corrected chi connectivity index (χ2v) is 11.0. The van der Waals surface area contributed by atoms with Crippen molar-refractivity contribution in [2.75, 3.05) is 13.1 Å². The first-order valence-corrected chi connectivity index (χ1v) is 14.2. The van der Waals surface area contributed by atoms with Crippen LogP contribution < -0.4 is 10.6 Å². The number of unbranched alkanes of at least 4 members (excludes halogenated alkanes) is 2. The minimum absolute atomic E-state index is 0.0160. The maximum Gasteiger partial charge on any atom is 0.318 e. The fraction of sp³-hybridized carbons (Fsp3) is 0.438. The van der Waals surface area contributed by atoms with Crippen molar-refractivity contribution >= 4 is 28.9 Å². The van der Waals surface area contributed by atoms with Crippen LogP contribution in [0.15, 0.2) is 60.8 Å². The number of carbonyl (C=O) groups is 2. The Morgan fingerprint density at radius 2 is 1.79 bits per heavy atom. The minimum atomic E-state index is -0.640. The van der Waals surface area contributed by atoms with Gasteiger partial charge in [0.2, 0.25) is 5.91 Å².